The molecule has 1 aromatic rings. The van der Waals surface area contributed by atoms with Gasteiger partial charge in [-0.05, 0) is 35.4 Å². The summed E-state index contributed by atoms with van der Waals surface area (Å²) in [6, 6.07) is 1.79. The van der Waals surface area contributed by atoms with Gasteiger partial charge < -0.3 is 4.74 Å². The zero-order valence-electron chi connectivity index (χ0n) is 6.87. The summed E-state index contributed by atoms with van der Waals surface area (Å²) in [5.74, 6) is 0.664. The van der Waals surface area contributed by atoms with Gasteiger partial charge in [-0.25, -0.2) is 4.98 Å². The van der Waals surface area contributed by atoms with Crippen LogP contribution < -0.4 is 4.74 Å². The predicted molar refractivity (Wildman–Crippen MR) is 56.0 cm³/mol. The molecule has 1 aliphatic carbocycles. The number of nitrogens with zero attached hydrogens (tertiary/aromatic N) is 1. The summed E-state index contributed by atoms with van der Waals surface area (Å²) in [4.78, 5) is 14.6. The van der Waals surface area contributed by atoms with Crippen molar-refractivity contribution in [1.29, 1.82) is 0 Å². The lowest BCUT2D eigenvalue weighted by Crippen LogP contribution is -2.00. The largest absolute Gasteiger partial charge is 0.490 e. The van der Waals surface area contributed by atoms with E-state index in [0.29, 0.717) is 17.4 Å². The first-order valence-electron chi connectivity index (χ1n) is 4.07. The van der Waals surface area contributed by atoms with E-state index >= 15 is 0 Å². The fourth-order valence-corrected chi connectivity index (χ4v) is 1.40. The van der Waals surface area contributed by atoms with E-state index in [-0.39, 0.29) is 0 Å². The predicted octanol–water partition coefficient (Wildman–Crippen LogP) is 2.04. The number of halogens is 1. The molecule has 0 atom stereocenters. The maximum atomic E-state index is 10.6. The van der Waals surface area contributed by atoms with Gasteiger partial charge in [0.1, 0.15) is 9.45 Å². The molecular weight excluding hydrogens is 281 g/mol. The molecule has 1 aromatic heterocycles. The summed E-state index contributed by atoms with van der Waals surface area (Å²) in [6.45, 7) is 0. The van der Waals surface area contributed by atoms with Crippen molar-refractivity contribution < 1.29 is 9.53 Å². The molecule has 1 aliphatic rings. The normalized spacial score (nSPS) is 15.5. The SMILES string of the molecule is O=Cc1cnc(I)cc1OC1CC1. The minimum atomic E-state index is 0.317. The number of carbonyl (C=O) groups is 1. The molecule has 4 heteroatoms. The van der Waals surface area contributed by atoms with E-state index in [0.717, 1.165) is 22.8 Å². The van der Waals surface area contributed by atoms with Gasteiger partial charge >= 0.3 is 0 Å². The minimum absolute atomic E-state index is 0.317. The Hall–Kier alpha value is -0.650. The second kappa shape index (κ2) is 3.61. The van der Waals surface area contributed by atoms with Gasteiger partial charge in [-0.3, -0.25) is 4.79 Å². The van der Waals surface area contributed by atoms with Gasteiger partial charge in [0, 0.05) is 12.3 Å². The molecule has 13 heavy (non-hydrogen) atoms. The molecule has 1 saturated carbocycles. The fraction of sp³-hybridized carbons (Fsp3) is 0.333. The van der Waals surface area contributed by atoms with Crippen LogP contribution in [0.4, 0.5) is 0 Å². The molecule has 0 aliphatic heterocycles. The number of aromatic nitrogens is 1. The van der Waals surface area contributed by atoms with E-state index in [2.05, 4.69) is 27.6 Å². The third-order valence-corrected chi connectivity index (χ3v) is 2.40. The Bertz CT molecular complexity index is 336. The van der Waals surface area contributed by atoms with E-state index in [1.165, 1.54) is 0 Å². The average Bonchev–Trinajstić information content (AvgIpc) is 2.89. The lowest BCUT2D eigenvalue weighted by Gasteiger charge is -2.06. The Balaban J connectivity index is 2.27. The Kier molecular flexibility index (Phi) is 2.48. The summed E-state index contributed by atoms with van der Waals surface area (Å²) >= 11 is 2.10. The quantitative estimate of drug-likeness (QED) is 0.485. The van der Waals surface area contributed by atoms with E-state index in [9.17, 15) is 4.79 Å². The van der Waals surface area contributed by atoms with Gasteiger partial charge in [0.05, 0.1) is 11.7 Å². The van der Waals surface area contributed by atoms with Gasteiger partial charge in [0.25, 0.3) is 0 Å². The van der Waals surface area contributed by atoms with Crippen molar-refractivity contribution >= 4 is 28.9 Å². The van der Waals surface area contributed by atoms with Gasteiger partial charge in [0.2, 0.25) is 0 Å². The lowest BCUT2D eigenvalue weighted by molar-refractivity contribution is 0.111. The number of hydrogen-bond acceptors (Lipinski definition) is 3. The lowest BCUT2D eigenvalue weighted by atomic mass is 10.3. The molecule has 1 fully saturated rings. The monoisotopic (exact) mass is 289 g/mol. The number of aldehydes is 1. The standard InChI is InChI=1S/C9H8INO2/c10-9-3-8(13-7-1-2-7)6(5-12)4-11-9/h3-5,7H,1-2H2. The Morgan fingerprint density at radius 3 is 3.00 bits per heavy atom. The van der Waals surface area contributed by atoms with Crippen molar-refractivity contribution in [1.82, 2.24) is 4.98 Å². The molecule has 0 bridgehead atoms. The molecule has 0 aromatic carbocycles. The van der Waals surface area contributed by atoms with Crippen LogP contribution >= 0.6 is 22.6 Å². The van der Waals surface area contributed by atoms with E-state index in [1.807, 2.05) is 0 Å². The molecule has 0 unspecified atom stereocenters. The molecular formula is C9H8INO2. The van der Waals surface area contributed by atoms with Crippen LogP contribution in [-0.2, 0) is 0 Å². The Morgan fingerprint density at radius 2 is 2.38 bits per heavy atom. The zero-order valence-corrected chi connectivity index (χ0v) is 9.02. The number of carbonyl (C=O) groups excluding carboxylic acids is 1. The number of pyridine rings is 1. The number of ether oxygens (including phenoxy) is 1. The van der Waals surface area contributed by atoms with Crippen molar-refractivity contribution in [3.8, 4) is 5.75 Å². The van der Waals surface area contributed by atoms with E-state index in [1.54, 1.807) is 12.3 Å². The van der Waals surface area contributed by atoms with Crippen LogP contribution in [0.1, 0.15) is 23.2 Å². The van der Waals surface area contributed by atoms with Crippen LogP contribution in [-0.4, -0.2) is 17.4 Å². The molecule has 0 N–H and O–H groups in total. The first-order valence-corrected chi connectivity index (χ1v) is 5.15. The van der Waals surface area contributed by atoms with Gasteiger partial charge in [-0.2, -0.15) is 0 Å². The van der Waals surface area contributed by atoms with Crippen molar-refractivity contribution in [3.63, 3.8) is 0 Å². The van der Waals surface area contributed by atoms with Crippen molar-refractivity contribution in [2.24, 2.45) is 0 Å². The molecule has 2 rings (SSSR count). The molecule has 3 nitrogen and oxygen atoms in total. The summed E-state index contributed by atoms with van der Waals surface area (Å²) < 4.78 is 6.40. The van der Waals surface area contributed by atoms with Crippen LogP contribution in [0.25, 0.3) is 0 Å². The summed E-state index contributed by atoms with van der Waals surface area (Å²) in [6.07, 6.45) is 4.83. The van der Waals surface area contributed by atoms with Crippen LogP contribution in [0, 0.1) is 3.70 Å². The summed E-state index contributed by atoms with van der Waals surface area (Å²) in [5.41, 5.74) is 0.535. The van der Waals surface area contributed by atoms with Crippen LogP contribution in [0.2, 0.25) is 0 Å². The smallest absolute Gasteiger partial charge is 0.155 e. The maximum absolute atomic E-state index is 10.6. The molecule has 0 saturated heterocycles. The first-order chi connectivity index (χ1) is 6.29. The number of rotatable bonds is 3. The fourth-order valence-electron chi connectivity index (χ4n) is 0.980. The maximum Gasteiger partial charge on any atom is 0.155 e. The second-order valence-electron chi connectivity index (χ2n) is 2.98. The average molecular weight is 289 g/mol. The molecule has 1 heterocycles. The molecule has 0 spiro atoms. The molecule has 68 valence electrons. The molecule has 0 amide bonds. The number of hydrogen-bond donors (Lipinski definition) is 0. The Morgan fingerprint density at radius 1 is 1.62 bits per heavy atom. The summed E-state index contributed by atoms with van der Waals surface area (Å²) in [7, 11) is 0. The highest BCUT2D eigenvalue weighted by Gasteiger charge is 2.24. The Labute approximate surface area is 89.6 Å². The van der Waals surface area contributed by atoms with Crippen LogP contribution in [0.15, 0.2) is 12.3 Å². The summed E-state index contributed by atoms with van der Waals surface area (Å²) in [5, 5.41) is 0. The van der Waals surface area contributed by atoms with Crippen molar-refractivity contribution in [3.05, 3.63) is 21.5 Å². The van der Waals surface area contributed by atoms with E-state index < -0.39 is 0 Å². The van der Waals surface area contributed by atoms with E-state index in [4.69, 9.17) is 4.74 Å². The topological polar surface area (TPSA) is 39.2 Å². The molecule has 0 radical (unpaired) electrons. The van der Waals surface area contributed by atoms with Gasteiger partial charge in [-0.15, -0.1) is 0 Å². The van der Waals surface area contributed by atoms with Gasteiger partial charge in [-0.1, -0.05) is 0 Å². The highest BCUT2D eigenvalue weighted by Crippen LogP contribution is 2.28. The highest BCUT2D eigenvalue weighted by molar-refractivity contribution is 14.1. The highest BCUT2D eigenvalue weighted by atomic mass is 127. The van der Waals surface area contributed by atoms with Crippen LogP contribution in [0.3, 0.4) is 0 Å². The second-order valence-corrected chi connectivity index (χ2v) is 4.09. The zero-order chi connectivity index (χ0) is 9.26. The van der Waals surface area contributed by atoms with Crippen molar-refractivity contribution in [2.75, 3.05) is 0 Å². The minimum Gasteiger partial charge on any atom is -0.490 e. The van der Waals surface area contributed by atoms with Crippen LogP contribution in [0.5, 0.6) is 5.75 Å². The third kappa shape index (κ3) is 2.18. The third-order valence-electron chi connectivity index (χ3n) is 1.81. The first kappa shape index (κ1) is 8.93. The van der Waals surface area contributed by atoms with Crippen molar-refractivity contribution in [2.45, 2.75) is 18.9 Å². The van der Waals surface area contributed by atoms with Gasteiger partial charge in [0.15, 0.2) is 6.29 Å².